The first-order chi connectivity index (χ1) is 14.4. The summed E-state index contributed by atoms with van der Waals surface area (Å²) in [6, 6.07) is 0. The Morgan fingerprint density at radius 3 is 2.30 bits per heavy atom. The fourth-order valence-electron chi connectivity index (χ4n) is 8.35. The van der Waals surface area contributed by atoms with Crippen molar-refractivity contribution in [2.24, 2.45) is 40.4 Å². The second kappa shape index (κ2) is 10.8. The van der Waals surface area contributed by atoms with Crippen LogP contribution in [-0.2, 0) is 4.79 Å². The number of carbonyl (C=O) groups is 1. The Balaban J connectivity index is 0.000000757. The zero-order valence-corrected chi connectivity index (χ0v) is 20.8. The van der Waals surface area contributed by atoms with Crippen molar-refractivity contribution < 1.29 is 15.0 Å². The largest absolute Gasteiger partial charge is 0.481 e. The van der Waals surface area contributed by atoms with Crippen LogP contribution in [-0.4, -0.2) is 22.3 Å². The summed E-state index contributed by atoms with van der Waals surface area (Å²) < 4.78 is 0. The average molecular weight is 423 g/mol. The van der Waals surface area contributed by atoms with E-state index in [4.69, 9.17) is 5.11 Å². The van der Waals surface area contributed by atoms with E-state index in [-0.39, 0.29) is 17.9 Å². The maximum atomic E-state index is 11.3. The van der Waals surface area contributed by atoms with Crippen LogP contribution in [0, 0.1) is 40.4 Å². The van der Waals surface area contributed by atoms with Crippen LogP contribution in [0.4, 0.5) is 0 Å². The number of aliphatic hydroxyl groups is 1. The topological polar surface area (TPSA) is 57.5 Å². The number of fused-ring (bicyclic) bond motifs is 5. The summed E-state index contributed by atoms with van der Waals surface area (Å²) >= 11 is 0. The third-order valence-corrected chi connectivity index (χ3v) is 9.82. The van der Waals surface area contributed by atoms with E-state index in [0.717, 1.165) is 31.1 Å². The van der Waals surface area contributed by atoms with Crippen LogP contribution in [0.5, 0.6) is 0 Å². The van der Waals surface area contributed by atoms with Crippen molar-refractivity contribution in [2.45, 2.75) is 125 Å². The molecule has 3 heteroatoms. The highest BCUT2D eigenvalue weighted by Gasteiger charge is 2.62. The first-order valence-corrected chi connectivity index (χ1v) is 13.3. The van der Waals surface area contributed by atoms with Gasteiger partial charge in [0, 0.05) is 6.42 Å². The molecule has 4 fully saturated rings. The lowest BCUT2D eigenvalue weighted by molar-refractivity contribution is -0.164. The number of hydrogen-bond acceptors (Lipinski definition) is 2. The highest BCUT2D eigenvalue weighted by atomic mass is 16.4. The van der Waals surface area contributed by atoms with Crippen LogP contribution in [0.15, 0.2) is 0 Å². The number of aliphatic carboxylic acids is 1. The van der Waals surface area contributed by atoms with E-state index in [1.807, 2.05) is 27.7 Å². The van der Waals surface area contributed by atoms with E-state index in [1.165, 1.54) is 51.4 Å². The minimum Gasteiger partial charge on any atom is -0.481 e. The first-order valence-electron chi connectivity index (χ1n) is 13.3. The zero-order chi connectivity index (χ0) is 22.5. The molecular weight excluding hydrogens is 372 g/mol. The molecule has 0 saturated heterocycles. The summed E-state index contributed by atoms with van der Waals surface area (Å²) in [6.07, 6.45) is 13.6. The SMILES string of the molecule is CC.CC.CC12CCCCC1CCC1C2C[C@H](O)C2(C)C(CCCC(=O)O)CCC12. The van der Waals surface area contributed by atoms with Crippen LogP contribution in [0.1, 0.15) is 119 Å². The number of hydrogen-bond donors (Lipinski definition) is 2. The molecule has 0 aromatic carbocycles. The maximum Gasteiger partial charge on any atom is 0.303 e. The molecule has 0 spiro atoms. The third-order valence-electron chi connectivity index (χ3n) is 9.82. The Morgan fingerprint density at radius 1 is 0.933 bits per heavy atom. The van der Waals surface area contributed by atoms with Gasteiger partial charge in [-0.3, -0.25) is 4.79 Å². The predicted octanol–water partition coefficient (Wildman–Crippen LogP) is 7.31. The molecule has 0 heterocycles. The van der Waals surface area contributed by atoms with Gasteiger partial charge in [0.15, 0.2) is 0 Å². The standard InChI is InChI=1S/C23H38O3.2C2H6/c1-22-13-4-3-6-15(22)9-11-17-18-12-10-16(7-5-8-21(25)26)23(18,2)20(24)14-19(17)22;2*1-2/h15-20,24H,3-14H2,1-2H3,(H,25,26);2*1-2H3/t15?,16?,17?,18?,19?,20-,22?,23?;;/m0../s1. The van der Waals surface area contributed by atoms with Crippen molar-refractivity contribution in [3.63, 3.8) is 0 Å². The Kier molecular flexibility index (Phi) is 9.28. The molecule has 7 unspecified atom stereocenters. The number of carboxylic acids is 1. The number of carboxylic acid groups (broad SMARTS) is 1. The van der Waals surface area contributed by atoms with Gasteiger partial charge in [-0.25, -0.2) is 0 Å². The summed E-state index contributed by atoms with van der Waals surface area (Å²) in [5.74, 6) is 2.89. The van der Waals surface area contributed by atoms with Crippen LogP contribution in [0.25, 0.3) is 0 Å². The summed E-state index contributed by atoms with van der Waals surface area (Å²) in [6.45, 7) is 12.9. The minimum atomic E-state index is -0.683. The van der Waals surface area contributed by atoms with Crippen LogP contribution < -0.4 is 0 Å². The third kappa shape index (κ3) is 4.48. The fraction of sp³-hybridized carbons (Fsp3) is 0.963. The van der Waals surface area contributed by atoms with Gasteiger partial charge < -0.3 is 10.2 Å². The van der Waals surface area contributed by atoms with Gasteiger partial charge in [0.25, 0.3) is 0 Å². The van der Waals surface area contributed by atoms with Crippen LogP contribution in [0.2, 0.25) is 0 Å². The molecular formula is C27H50O3. The molecule has 4 saturated carbocycles. The Morgan fingerprint density at radius 2 is 1.63 bits per heavy atom. The van der Waals surface area contributed by atoms with Gasteiger partial charge in [-0.05, 0) is 98.2 Å². The normalized spacial score (nSPS) is 44.2. The highest BCUT2D eigenvalue weighted by molar-refractivity contribution is 5.66. The minimum absolute atomic E-state index is 0.0253. The first kappa shape index (κ1) is 25.7. The van der Waals surface area contributed by atoms with Crippen LogP contribution in [0.3, 0.4) is 0 Å². The van der Waals surface area contributed by atoms with Gasteiger partial charge in [-0.15, -0.1) is 0 Å². The van der Waals surface area contributed by atoms with E-state index in [0.29, 0.717) is 23.2 Å². The van der Waals surface area contributed by atoms with E-state index in [9.17, 15) is 9.90 Å². The van der Waals surface area contributed by atoms with Crippen molar-refractivity contribution in [3.8, 4) is 0 Å². The van der Waals surface area contributed by atoms with Crippen molar-refractivity contribution in [1.29, 1.82) is 0 Å². The molecule has 2 N–H and O–H groups in total. The van der Waals surface area contributed by atoms with Gasteiger partial charge in [0.1, 0.15) is 0 Å². The number of aliphatic hydroxyl groups excluding tert-OH is 1. The van der Waals surface area contributed by atoms with Crippen molar-refractivity contribution in [3.05, 3.63) is 0 Å². The lowest BCUT2D eigenvalue weighted by Crippen LogP contribution is -2.57. The Labute approximate surface area is 186 Å². The molecule has 0 aromatic heterocycles. The van der Waals surface area contributed by atoms with Crippen molar-refractivity contribution in [2.75, 3.05) is 0 Å². The van der Waals surface area contributed by atoms with Gasteiger partial charge >= 0.3 is 5.97 Å². The van der Waals surface area contributed by atoms with Gasteiger partial charge in [-0.2, -0.15) is 0 Å². The quantitative estimate of drug-likeness (QED) is 0.499. The van der Waals surface area contributed by atoms with Crippen LogP contribution >= 0.6 is 0 Å². The zero-order valence-electron chi connectivity index (χ0n) is 20.8. The molecule has 4 aliphatic rings. The highest BCUT2D eigenvalue weighted by Crippen LogP contribution is 2.67. The number of rotatable bonds is 4. The molecule has 3 nitrogen and oxygen atoms in total. The summed E-state index contributed by atoms with van der Waals surface area (Å²) in [5, 5.41) is 20.3. The Hall–Kier alpha value is -0.570. The lowest BCUT2D eigenvalue weighted by Gasteiger charge is -2.62. The smallest absolute Gasteiger partial charge is 0.303 e. The van der Waals surface area contributed by atoms with Crippen molar-refractivity contribution in [1.82, 2.24) is 0 Å². The molecule has 0 aromatic rings. The van der Waals surface area contributed by atoms with Gasteiger partial charge in [0.05, 0.1) is 6.10 Å². The maximum absolute atomic E-state index is 11.3. The average Bonchev–Trinajstić information content (AvgIpc) is 3.09. The lowest BCUT2D eigenvalue weighted by atomic mass is 9.44. The predicted molar refractivity (Wildman–Crippen MR) is 125 cm³/mol. The molecule has 0 radical (unpaired) electrons. The molecule has 0 aliphatic heterocycles. The van der Waals surface area contributed by atoms with E-state index < -0.39 is 5.97 Å². The van der Waals surface area contributed by atoms with E-state index in [1.54, 1.807) is 0 Å². The molecule has 0 amide bonds. The monoisotopic (exact) mass is 422 g/mol. The Bertz CT molecular complexity index is 546. The molecule has 4 aliphatic carbocycles. The summed E-state index contributed by atoms with van der Waals surface area (Å²) in [7, 11) is 0. The summed E-state index contributed by atoms with van der Waals surface area (Å²) in [5.41, 5.74) is 0.488. The second-order valence-corrected chi connectivity index (χ2v) is 10.6. The van der Waals surface area contributed by atoms with Crippen molar-refractivity contribution >= 4 is 5.97 Å². The molecule has 0 bridgehead atoms. The molecule has 30 heavy (non-hydrogen) atoms. The molecule has 176 valence electrons. The second-order valence-electron chi connectivity index (χ2n) is 10.6. The van der Waals surface area contributed by atoms with Gasteiger partial charge in [-0.1, -0.05) is 54.4 Å². The summed E-state index contributed by atoms with van der Waals surface area (Å²) in [4.78, 5) is 10.9. The van der Waals surface area contributed by atoms with E-state index in [2.05, 4.69) is 13.8 Å². The molecule has 4 rings (SSSR count). The van der Waals surface area contributed by atoms with Gasteiger partial charge in [0.2, 0.25) is 0 Å². The fourth-order valence-corrected chi connectivity index (χ4v) is 8.35. The molecule has 8 atom stereocenters. The van der Waals surface area contributed by atoms with E-state index >= 15 is 0 Å².